The first kappa shape index (κ1) is 18.7. The third-order valence-electron chi connectivity index (χ3n) is 4.44. The summed E-state index contributed by atoms with van der Waals surface area (Å²) in [6.07, 6.45) is 1.04. The van der Waals surface area contributed by atoms with E-state index in [2.05, 4.69) is 95.2 Å². The molecule has 4 aromatic rings. The first-order valence-electron chi connectivity index (χ1n) is 9.28. The smallest absolute Gasteiger partial charge is 0.210 e. The Kier molecular flexibility index (Phi) is 6.04. The summed E-state index contributed by atoms with van der Waals surface area (Å²) in [5.41, 5.74) is 4.89. The van der Waals surface area contributed by atoms with Crippen LogP contribution in [0.25, 0.3) is 0 Å². The Bertz CT molecular complexity index is 959. The summed E-state index contributed by atoms with van der Waals surface area (Å²) < 4.78 is 0.949. The predicted molar refractivity (Wildman–Crippen MR) is 120 cm³/mol. The number of rotatable bonds is 7. The molecule has 0 saturated heterocycles. The second-order valence-electron chi connectivity index (χ2n) is 6.37. The maximum atomic E-state index is 4.41. The van der Waals surface area contributed by atoms with Gasteiger partial charge in [-0.05, 0) is 35.2 Å². The maximum absolute atomic E-state index is 4.41. The van der Waals surface area contributed by atoms with Crippen LogP contribution < -0.4 is 5.32 Å². The van der Waals surface area contributed by atoms with E-state index in [0.717, 1.165) is 21.6 Å². The van der Waals surface area contributed by atoms with Gasteiger partial charge in [-0.3, -0.25) is 0 Å². The van der Waals surface area contributed by atoms with Crippen LogP contribution in [0, 0.1) is 0 Å². The standard InChI is InChI=1S/C23H21N3S2/c1-2-17-13-15-20(16-14-17)24-22-25-26-23(28-22)27-21(18-9-5-3-6-10-18)19-11-7-4-8-12-19/h3-16,21H,2H2,1H3,(H,24,25). The van der Waals surface area contributed by atoms with Crippen molar-refractivity contribution in [2.45, 2.75) is 22.9 Å². The minimum atomic E-state index is 0.187. The van der Waals surface area contributed by atoms with E-state index in [1.165, 1.54) is 16.7 Å². The van der Waals surface area contributed by atoms with Crippen molar-refractivity contribution in [1.82, 2.24) is 10.2 Å². The summed E-state index contributed by atoms with van der Waals surface area (Å²) in [6.45, 7) is 2.16. The first-order chi connectivity index (χ1) is 13.8. The largest absolute Gasteiger partial charge is 0.330 e. The number of benzene rings is 3. The van der Waals surface area contributed by atoms with Crippen LogP contribution >= 0.6 is 23.1 Å². The normalized spacial score (nSPS) is 10.9. The van der Waals surface area contributed by atoms with E-state index in [1.807, 2.05) is 12.1 Å². The molecular formula is C23H21N3S2. The van der Waals surface area contributed by atoms with Crippen LogP contribution in [0.15, 0.2) is 89.3 Å². The van der Waals surface area contributed by atoms with Crippen molar-refractivity contribution < 1.29 is 0 Å². The van der Waals surface area contributed by atoms with Gasteiger partial charge in [-0.15, -0.1) is 10.2 Å². The third-order valence-corrected chi connectivity index (χ3v) is 6.68. The molecule has 0 fully saturated rings. The molecule has 4 rings (SSSR count). The molecule has 28 heavy (non-hydrogen) atoms. The molecule has 0 saturated carbocycles. The van der Waals surface area contributed by atoms with Crippen LogP contribution in [0.2, 0.25) is 0 Å². The molecule has 3 nitrogen and oxygen atoms in total. The molecule has 5 heteroatoms. The molecule has 0 aliphatic heterocycles. The number of thioether (sulfide) groups is 1. The summed E-state index contributed by atoms with van der Waals surface area (Å²) in [4.78, 5) is 0. The summed E-state index contributed by atoms with van der Waals surface area (Å²) in [7, 11) is 0. The van der Waals surface area contributed by atoms with Crippen molar-refractivity contribution in [1.29, 1.82) is 0 Å². The fourth-order valence-electron chi connectivity index (χ4n) is 2.94. The van der Waals surface area contributed by atoms with Crippen LogP contribution in [0.5, 0.6) is 0 Å². The topological polar surface area (TPSA) is 37.8 Å². The molecule has 0 unspecified atom stereocenters. The lowest BCUT2D eigenvalue weighted by Crippen LogP contribution is -1.96. The van der Waals surface area contributed by atoms with Crippen molar-refractivity contribution in [3.05, 3.63) is 102 Å². The van der Waals surface area contributed by atoms with E-state index in [4.69, 9.17) is 0 Å². The molecule has 0 atom stereocenters. The van der Waals surface area contributed by atoms with Crippen molar-refractivity contribution in [3.8, 4) is 0 Å². The molecule has 0 spiro atoms. The Hall–Kier alpha value is -2.63. The first-order valence-corrected chi connectivity index (χ1v) is 11.0. The molecule has 0 aliphatic carbocycles. The number of anilines is 2. The van der Waals surface area contributed by atoms with E-state index in [-0.39, 0.29) is 5.25 Å². The van der Waals surface area contributed by atoms with E-state index in [0.29, 0.717) is 0 Å². The number of hydrogen-bond acceptors (Lipinski definition) is 5. The number of aromatic nitrogens is 2. The predicted octanol–water partition coefficient (Wildman–Crippen LogP) is 6.73. The molecule has 3 aromatic carbocycles. The number of hydrogen-bond donors (Lipinski definition) is 1. The van der Waals surface area contributed by atoms with Crippen LogP contribution in [-0.2, 0) is 6.42 Å². The Morgan fingerprint density at radius 1 is 0.821 bits per heavy atom. The molecule has 0 aliphatic rings. The Morgan fingerprint density at radius 2 is 1.43 bits per heavy atom. The molecule has 0 amide bonds. The quantitative estimate of drug-likeness (QED) is 0.347. The molecule has 140 valence electrons. The zero-order chi connectivity index (χ0) is 19.2. The number of nitrogens with one attached hydrogen (secondary N) is 1. The number of nitrogens with zero attached hydrogens (tertiary/aromatic N) is 2. The Labute approximate surface area is 173 Å². The molecule has 1 N–H and O–H groups in total. The van der Waals surface area contributed by atoms with Gasteiger partial charge in [-0.2, -0.15) is 0 Å². The zero-order valence-electron chi connectivity index (χ0n) is 15.6. The van der Waals surface area contributed by atoms with E-state index in [9.17, 15) is 0 Å². The molecule has 1 aromatic heterocycles. The molecular weight excluding hydrogens is 382 g/mol. The van der Waals surface area contributed by atoms with E-state index >= 15 is 0 Å². The molecule has 1 heterocycles. The maximum Gasteiger partial charge on any atom is 0.210 e. The fourth-order valence-corrected chi connectivity index (χ4v) is 5.03. The van der Waals surface area contributed by atoms with Gasteiger partial charge in [0.2, 0.25) is 5.13 Å². The number of aryl methyl sites for hydroxylation is 1. The zero-order valence-corrected chi connectivity index (χ0v) is 17.2. The lowest BCUT2D eigenvalue weighted by atomic mass is 10.0. The second kappa shape index (κ2) is 9.04. The Morgan fingerprint density at radius 3 is 2.00 bits per heavy atom. The van der Waals surface area contributed by atoms with Crippen LogP contribution in [0.4, 0.5) is 10.8 Å². The van der Waals surface area contributed by atoms with Crippen molar-refractivity contribution >= 4 is 33.9 Å². The summed E-state index contributed by atoms with van der Waals surface area (Å²) in [5, 5.41) is 13.1. The SMILES string of the molecule is CCc1ccc(Nc2nnc(SC(c3ccccc3)c3ccccc3)s2)cc1. The lowest BCUT2D eigenvalue weighted by Gasteiger charge is -2.15. The van der Waals surface area contributed by atoms with Gasteiger partial charge in [-0.25, -0.2) is 0 Å². The summed E-state index contributed by atoms with van der Waals surface area (Å²) in [6, 6.07) is 29.5. The van der Waals surface area contributed by atoms with Crippen LogP contribution in [0.3, 0.4) is 0 Å². The second-order valence-corrected chi connectivity index (χ2v) is 8.70. The minimum absolute atomic E-state index is 0.187. The fraction of sp³-hybridized carbons (Fsp3) is 0.130. The van der Waals surface area contributed by atoms with Gasteiger partial charge in [0.25, 0.3) is 0 Å². The van der Waals surface area contributed by atoms with Gasteiger partial charge in [0.05, 0.1) is 5.25 Å². The van der Waals surface area contributed by atoms with Crippen molar-refractivity contribution in [2.24, 2.45) is 0 Å². The summed E-state index contributed by atoms with van der Waals surface area (Å²) >= 11 is 3.32. The monoisotopic (exact) mass is 403 g/mol. The average molecular weight is 404 g/mol. The van der Waals surface area contributed by atoms with Gasteiger partial charge in [0.15, 0.2) is 4.34 Å². The highest BCUT2D eigenvalue weighted by molar-refractivity contribution is 8.01. The van der Waals surface area contributed by atoms with E-state index < -0.39 is 0 Å². The average Bonchev–Trinajstić information content (AvgIpc) is 3.21. The minimum Gasteiger partial charge on any atom is -0.330 e. The Balaban J connectivity index is 1.53. The van der Waals surface area contributed by atoms with E-state index in [1.54, 1.807) is 23.1 Å². The third kappa shape index (κ3) is 4.61. The summed E-state index contributed by atoms with van der Waals surface area (Å²) in [5.74, 6) is 0. The molecule has 0 bridgehead atoms. The van der Waals surface area contributed by atoms with Gasteiger partial charge in [0, 0.05) is 5.69 Å². The van der Waals surface area contributed by atoms with Gasteiger partial charge < -0.3 is 5.32 Å². The van der Waals surface area contributed by atoms with Crippen LogP contribution in [0.1, 0.15) is 28.9 Å². The highest BCUT2D eigenvalue weighted by Gasteiger charge is 2.18. The highest BCUT2D eigenvalue weighted by atomic mass is 32.2. The van der Waals surface area contributed by atoms with Gasteiger partial charge >= 0.3 is 0 Å². The molecule has 0 radical (unpaired) electrons. The van der Waals surface area contributed by atoms with Gasteiger partial charge in [0.1, 0.15) is 0 Å². The van der Waals surface area contributed by atoms with Gasteiger partial charge in [-0.1, -0.05) is 103 Å². The van der Waals surface area contributed by atoms with Crippen LogP contribution in [-0.4, -0.2) is 10.2 Å². The lowest BCUT2D eigenvalue weighted by molar-refractivity contribution is 1.01. The van der Waals surface area contributed by atoms with Crippen molar-refractivity contribution in [2.75, 3.05) is 5.32 Å². The van der Waals surface area contributed by atoms with Crippen molar-refractivity contribution in [3.63, 3.8) is 0 Å². The highest BCUT2D eigenvalue weighted by Crippen LogP contribution is 2.42.